The number of benzene rings is 1. The van der Waals surface area contributed by atoms with Crippen molar-refractivity contribution >= 4 is 23.2 Å². The van der Waals surface area contributed by atoms with Gasteiger partial charge in [0.1, 0.15) is 6.10 Å². The molecular weight excluding hydrogens is 345 g/mol. The lowest BCUT2D eigenvalue weighted by Crippen LogP contribution is -2.22. The number of hydrogen-bond acceptors (Lipinski definition) is 3. The van der Waals surface area contributed by atoms with E-state index in [-0.39, 0.29) is 10.9 Å². The van der Waals surface area contributed by atoms with Gasteiger partial charge in [-0.1, -0.05) is 23.2 Å². The first-order valence-corrected chi connectivity index (χ1v) is 7.92. The molecule has 1 fully saturated rings. The predicted molar refractivity (Wildman–Crippen MR) is 85.0 cm³/mol. The molecule has 1 aromatic carbocycles. The van der Waals surface area contributed by atoms with Gasteiger partial charge < -0.3 is 10.1 Å². The highest BCUT2D eigenvalue weighted by atomic mass is 35.5. The fourth-order valence-electron chi connectivity index (χ4n) is 2.72. The summed E-state index contributed by atoms with van der Waals surface area (Å²) in [6.45, 7) is 1.51. The number of nitrogens with one attached hydrogen (secondary N) is 1. The van der Waals surface area contributed by atoms with Crippen LogP contribution in [-0.4, -0.2) is 18.1 Å². The predicted octanol–water partition coefficient (Wildman–Crippen LogP) is 4.40. The minimum Gasteiger partial charge on any atom is -0.479 e. The molecule has 0 radical (unpaired) electrons. The number of rotatable bonds is 4. The average Bonchev–Trinajstić information content (AvgIpc) is 3.00. The summed E-state index contributed by atoms with van der Waals surface area (Å²) in [6.07, 6.45) is 3.37. The Morgan fingerprint density at radius 3 is 2.48 bits per heavy atom. The third kappa shape index (κ3) is 3.74. The molecule has 0 amide bonds. The molecule has 0 spiro atoms. The molecule has 1 N–H and O–H groups in total. The van der Waals surface area contributed by atoms with Crippen molar-refractivity contribution in [2.45, 2.75) is 12.5 Å². The summed E-state index contributed by atoms with van der Waals surface area (Å²) in [5, 5.41) is 3.65. The molecule has 1 aromatic heterocycles. The number of nitrogens with zero attached hydrogens (tertiary/aromatic N) is 1. The first-order chi connectivity index (χ1) is 11.0. The van der Waals surface area contributed by atoms with E-state index < -0.39 is 23.5 Å². The van der Waals surface area contributed by atoms with Crippen LogP contribution in [0.4, 0.5) is 8.78 Å². The molecule has 122 valence electrons. The number of ether oxygens (including phenoxy) is 1. The van der Waals surface area contributed by atoms with Gasteiger partial charge in [0.05, 0.1) is 5.02 Å². The Hall–Kier alpha value is -1.43. The highest BCUT2D eigenvalue weighted by Gasteiger charge is 2.30. The molecule has 2 aromatic rings. The zero-order valence-corrected chi connectivity index (χ0v) is 13.5. The van der Waals surface area contributed by atoms with Gasteiger partial charge in [-0.2, -0.15) is 0 Å². The van der Waals surface area contributed by atoms with Crippen LogP contribution < -0.4 is 10.1 Å². The second-order valence-electron chi connectivity index (χ2n) is 5.43. The van der Waals surface area contributed by atoms with Gasteiger partial charge in [-0.05, 0) is 31.2 Å². The average molecular weight is 359 g/mol. The lowest BCUT2D eigenvalue weighted by molar-refractivity contribution is 0.131. The topological polar surface area (TPSA) is 34.1 Å². The summed E-state index contributed by atoms with van der Waals surface area (Å²) in [5.74, 6) is -2.04. The van der Waals surface area contributed by atoms with E-state index in [9.17, 15) is 8.78 Å². The van der Waals surface area contributed by atoms with Gasteiger partial charge in [0.2, 0.25) is 0 Å². The molecule has 1 unspecified atom stereocenters. The molecule has 0 saturated carbocycles. The first kappa shape index (κ1) is 16.4. The van der Waals surface area contributed by atoms with Gasteiger partial charge in [-0.15, -0.1) is 0 Å². The number of halogens is 4. The molecule has 0 bridgehead atoms. The van der Waals surface area contributed by atoms with Crippen LogP contribution in [0.5, 0.6) is 5.75 Å². The SMILES string of the molecule is Fc1cc(Cl)cc(F)c1OC(c1cncc(Cl)c1)[C@H]1CCNC1. The summed E-state index contributed by atoms with van der Waals surface area (Å²) in [5.41, 5.74) is 0.681. The second kappa shape index (κ2) is 6.99. The van der Waals surface area contributed by atoms with Gasteiger partial charge >= 0.3 is 0 Å². The van der Waals surface area contributed by atoms with E-state index in [0.29, 0.717) is 17.1 Å². The highest BCUT2D eigenvalue weighted by molar-refractivity contribution is 6.30. The minimum absolute atomic E-state index is 0.0177. The quantitative estimate of drug-likeness (QED) is 0.879. The molecule has 3 nitrogen and oxygen atoms in total. The zero-order chi connectivity index (χ0) is 16.4. The van der Waals surface area contributed by atoms with Crippen molar-refractivity contribution in [3.8, 4) is 5.75 Å². The van der Waals surface area contributed by atoms with E-state index in [0.717, 1.165) is 25.1 Å². The van der Waals surface area contributed by atoms with E-state index in [2.05, 4.69) is 10.3 Å². The van der Waals surface area contributed by atoms with Crippen LogP contribution in [0.2, 0.25) is 10.0 Å². The van der Waals surface area contributed by atoms with Crippen LogP contribution in [0.3, 0.4) is 0 Å². The van der Waals surface area contributed by atoms with Crippen molar-refractivity contribution < 1.29 is 13.5 Å². The normalized spacial score (nSPS) is 18.9. The van der Waals surface area contributed by atoms with E-state index in [1.165, 1.54) is 6.20 Å². The van der Waals surface area contributed by atoms with Crippen molar-refractivity contribution in [2.24, 2.45) is 5.92 Å². The Kier molecular flexibility index (Phi) is 4.99. The third-order valence-electron chi connectivity index (χ3n) is 3.79. The lowest BCUT2D eigenvalue weighted by atomic mass is 9.96. The molecule has 7 heteroatoms. The highest BCUT2D eigenvalue weighted by Crippen LogP contribution is 2.35. The number of hydrogen-bond donors (Lipinski definition) is 1. The Bertz CT molecular complexity index is 685. The van der Waals surface area contributed by atoms with Crippen molar-refractivity contribution in [2.75, 3.05) is 13.1 Å². The second-order valence-corrected chi connectivity index (χ2v) is 6.30. The van der Waals surface area contributed by atoms with Crippen molar-refractivity contribution in [1.82, 2.24) is 10.3 Å². The molecule has 2 atom stereocenters. The van der Waals surface area contributed by atoms with Crippen LogP contribution in [0, 0.1) is 17.6 Å². The molecule has 1 saturated heterocycles. The van der Waals surface area contributed by atoms with Crippen LogP contribution in [0.25, 0.3) is 0 Å². The molecule has 1 aliphatic heterocycles. The number of aromatic nitrogens is 1. The van der Waals surface area contributed by atoms with Crippen molar-refractivity contribution in [1.29, 1.82) is 0 Å². The molecule has 23 heavy (non-hydrogen) atoms. The zero-order valence-electron chi connectivity index (χ0n) is 12.0. The van der Waals surface area contributed by atoms with Gasteiger partial charge in [0.15, 0.2) is 17.4 Å². The van der Waals surface area contributed by atoms with E-state index in [4.69, 9.17) is 27.9 Å². The van der Waals surface area contributed by atoms with Gasteiger partial charge in [-0.3, -0.25) is 4.98 Å². The maximum Gasteiger partial charge on any atom is 0.191 e. The Morgan fingerprint density at radius 2 is 1.87 bits per heavy atom. The molecule has 2 heterocycles. The van der Waals surface area contributed by atoms with Gasteiger partial charge in [0, 0.05) is 35.4 Å². The van der Waals surface area contributed by atoms with Gasteiger partial charge in [0.25, 0.3) is 0 Å². The maximum absolute atomic E-state index is 14.0. The standard InChI is InChI=1S/C16H14Cl2F2N2O/c17-11-4-13(19)16(14(20)5-11)23-15(9-1-2-21-6-9)10-3-12(18)8-22-7-10/h3-5,7-9,15,21H,1-2,6H2/t9-,15?/m0/s1. The first-order valence-electron chi connectivity index (χ1n) is 7.17. The van der Waals surface area contributed by atoms with Crippen molar-refractivity contribution in [3.05, 3.63) is 57.8 Å². The Labute approximate surface area is 142 Å². The molecular formula is C16H14Cl2F2N2O. The summed E-state index contributed by atoms with van der Waals surface area (Å²) >= 11 is 11.6. The summed E-state index contributed by atoms with van der Waals surface area (Å²) in [4.78, 5) is 4.04. The van der Waals surface area contributed by atoms with Crippen molar-refractivity contribution in [3.63, 3.8) is 0 Å². The fraction of sp³-hybridized carbons (Fsp3) is 0.312. The van der Waals surface area contributed by atoms with Crippen LogP contribution in [0.1, 0.15) is 18.1 Å². The van der Waals surface area contributed by atoms with E-state index >= 15 is 0 Å². The van der Waals surface area contributed by atoms with Gasteiger partial charge in [-0.25, -0.2) is 8.78 Å². The van der Waals surface area contributed by atoms with Crippen LogP contribution >= 0.6 is 23.2 Å². The van der Waals surface area contributed by atoms with Crippen LogP contribution in [-0.2, 0) is 0 Å². The Balaban J connectivity index is 1.96. The molecule has 3 rings (SSSR count). The largest absolute Gasteiger partial charge is 0.479 e. The Morgan fingerprint density at radius 1 is 1.13 bits per heavy atom. The summed E-state index contributed by atoms with van der Waals surface area (Å²) in [7, 11) is 0. The molecule has 0 aliphatic carbocycles. The molecule has 1 aliphatic rings. The third-order valence-corrected chi connectivity index (χ3v) is 4.21. The number of pyridine rings is 1. The summed E-state index contributed by atoms with van der Waals surface area (Å²) in [6, 6.07) is 3.75. The maximum atomic E-state index is 14.0. The fourth-order valence-corrected chi connectivity index (χ4v) is 3.10. The smallest absolute Gasteiger partial charge is 0.191 e. The van der Waals surface area contributed by atoms with E-state index in [1.54, 1.807) is 12.3 Å². The summed E-state index contributed by atoms with van der Waals surface area (Å²) < 4.78 is 33.8. The lowest BCUT2D eigenvalue weighted by Gasteiger charge is -2.25. The minimum atomic E-state index is -0.832. The monoisotopic (exact) mass is 358 g/mol. The van der Waals surface area contributed by atoms with Crippen LogP contribution in [0.15, 0.2) is 30.6 Å². The van der Waals surface area contributed by atoms with E-state index in [1.807, 2.05) is 0 Å².